The molecule has 0 N–H and O–H groups in total. The maximum absolute atomic E-state index is 12.9. The summed E-state index contributed by atoms with van der Waals surface area (Å²) in [6, 6.07) is 9.66. The van der Waals surface area contributed by atoms with Gasteiger partial charge in [-0.3, -0.25) is 4.79 Å². The first kappa shape index (κ1) is 19.7. The molecular formula is C19H18Cl2N2O4S. The summed E-state index contributed by atoms with van der Waals surface area (Å²) in [4.78, 5) is 14.8. The van der Waals surface area contributed by atoms with Crippen LogP contribution in [-0.4, -0.2) is 51.5 Å². The molecule has 1 amide bonds. The molecule has 2 aromatic rings. The molecule has 0 unspecified atom stereocenters. The highest BCUT2D eigenvalue weighted by Gasteiger charge is 2.31. The molecule has 0 aliphatic carbocycles. The minimum Gasteiger partial charge on any atom is -0.379 e. The first-order valence-electron chi connectivity index (χ1n) is 8.85. The number of halogens is 2. The minimum absolute atomic E-state index is 0.232. The minimum atomic E-state index is -3.57. The monoisotopic (exact) mass is 440 g/mol. The van der Waals surface area contributed by atoms with Gasteiger partial charge in [0, 0.05) is 30.3 Å². The summed E-state index contributed by atoms with van der Waals surface area (Å²) in [5.41, 5.74) is 1.90. The van der Waals surface area contributed by atoms with E-state index in [-0.39, 0.29) is 15.8 Å². The van der Waals surface area contributed by atoms with Crippen LogP contribution in [0.4, 0.5) is 5.69 Å². The fourth-order valence-corrected chi connectivity index (χ4v) is 5.44. The Hall–Kier alpha value is -1.64. The van der Waals surface area contributed by atoms with Crippen LogP contribution in [0.2, 0.25) is 10.0 Å². The molecule has 2 aliphatic heterocycles. The van der Waals surface area contributed by atoms with Crippen LogP contribution in [0.3, 0.4) is 0 Å². The quantitative estimate of drug-likeness (QED) is 0.734. The number of carbonyl (C=O) groups excluding carboxylic acids is 1. The van der Waals surface area contributed by atoms with Gasteiger partial charge in [-0.2, -0.15) is 4.31 Å². The van der Waals surface area contributed by atoms with Crippen LogP contribution in [0.25, 0.3) is 0 Å². The number of rotatable bonds is 3. The van der Waals surface area contributed by atoms with Gasteiger partial charge in [0.2, 0.25) is 10.0 Å². The third kappa shape index (κ3) is 3.53. The van der Waals surface area contributed by atoms with E-state index in [2.05, 4.69) is 0 Å². The van der Waals surface area contributed by atoms with Crippen molar-refractivity contribution in [2.75, 3.05) is 37.7 Å². The number of anilines is 1. The maximum atomic E-state index is 12.9. The van der Waals surface area contributed by atoms with Crippen LogP contribution in [0.5, 0.6) is 0 Å². The molecule has 0 saturated carbocycles. The zero-order valence-electron chi connectivity index (χ0n) is 14.9. The van der Waals surface area contributed by atoms with E-state index in [0.717, 1.165) is 5.56 Å². The van der Waals surface area contributed by atoms with Crippen LogP contribution in [0.1, 0.15) is 15.9 Å². The molecule has 6 nitrogen and oxygen atoms in total. The fourth-order valence-electron chi connectivity index (χ4n) is 3.49. The molecule has 1 saturated heterocycles. The third-order valence-corrected chi connectivity index (χ3v) is 7.40. The van der Waals surface area contributed by atoms with Crippen molar-refractivity contribution < 1.29 is 17.9 Å². The first-order valence-corrected chi connectivity index (χ1v) is 11.1. The van der Waals surface area contributed by atoms with Crippen LogP contribution in [0.15, 0.2) is 41.3 Å². The van der Waals surface area contributed by atoms with Crippen molar-refractivity contribution in [3.63, 3.8) is 0 Å². The zero-order valence-corrected chi connectivity index (χ0v) is 17.2. The van der Waals surface area contributed by atoms with Crippen molar-refractivity contribution in [1.29, 1.82) is 0 Å². The Morgan fingerprint density at radius 3 is 2.46 bits per heavy atom. The van der Waals surface area contributed by atoms with E-state index >= 15 is 0 Å². The van der Waals surface area contributed by atoms with Gasteiger partial charge in [-0.1, -0.05) is 23.2 Å². The number of carbonyl (C=O) groups is 1. The van der Waals surface area contributed by atoms with Crippen molar-refractivity contribution in [2.24, 2.45) is 0 Å². The number of amides is 1. The molecule has 4 rings (SSSR count). The van der Waals surface area contributed by atoms with E-state index < -0.39 is 10.0 Å². The second-order valence-corrected chi connectivity index (χ2v) is 9.42. The van der Waals surface area contributed by atoms with E-state index in [0.29, 0.717) is 55.5 Å². The third-order valence-electron chi connectivity index (χ3n) is 4.96. The second-order valence-electron chi connectivity index (χ2n) is 6.64. The lowest BCUT2D eigenvalue weighted by Gasteiger charge is -2.26. The van der Waals surface area contributed by atoms with Gasteiger partial charge < -0.3 is 9.64 Å². The summed E-state index contributed by atoms with van der Waals surface area (Å²) in [7, 11) is -3.57. The molecule has 0 radical (unpaired) electrons. The van der Waals surface area contributed by atoms with E-state index in [4.69, 9.17) is 27.9 Å². The SMILES string of the molecule is O=C(c1ccc(Cl)cc1Cl)N1CCc2cc(S(=O)(=O)N3CCOCC3)ccc21. The maximum Gasteiger partial charge on any atom is 0.259 e. The van der Waals surface area contributed by atoms with Crippen LogP contribution >= 0.6 is 23.2 Å². The van der Waals surface area contributed by atoms with Gasteiger partial charge in [0.05, 0.1) is 28.7 Å². The fraction of sp³-hybridized carbons (Fsp3) is 0.316. The molecule has 2 aliphatic rings. The molecule has 28 heavy (non-hydrogen) atoms. The van der Waals surface area contributed by atoms with Gasteiger partial charge in [-0.05, 0) is 48.4 Å². The molecule has 1 fully saturated rings. The molecule has 9 heteroatoms. The lowest BCUT2D eigenvalue weighted by atomic mass is 10.1. The molecule has 0 aromatic heterocycles. The van der Waals surface area contributed by atoms with E-state index in [9.17, 15) is 13.2 Å². The zero-order chi connectivity index (χ0) is 19.9. The summed E-state index contributed by atoms with van der Waals surface area (Å²) in [6.45, 7) is 1.95. The highest BCUT2D eigenvalue weighted by atomic mass is 35.5. The Bertz CT molecular complexity index is 1040. The van der Waals surface area contributed by atoms with Crippen molar-refractivity contribution >= 4 is 44.8 Å². The summed E-state index contributed by atoms with van der Waals surface area (Å²) >= 11 is 12.1. The average molecular weight is 441 g/mol. The standard InChI is InChI=1S/C19H18Cl2N2O4S/c20-14-1-3-16(17(21)12-14)19(24)23-6-5-13-11-15(2-4-18(13)23)28(25,26)22-7-9-27-10-8-22/h1-4,11-12H,5-10H2. The predicted molar refractivity (Wildman–Crippen MR) is 108 cm³/mol. The molecule has 2 aromatic carbocycles. The van der Waals surface area contributed by atoms with Crippen molar-refractivity contribution in [1.82, 2.24) is 4.31 Å². The molecule has 0 atom stereocenters. The van der Waals surface area contributed by atoms with Gasteiger partial charge in [-0.25, -0.2) is 8.42 Å². The van der Waals surface area contributed by atoms with Crippen molar-refractivity contribution in [2.45, 2.75) is 11.3 Å². The summed E-state index contributed by atoms with van der Waals surface area (Å²) in [6.07, 6.45) is 0.582. The number of nitrogens with zero attached hydrogens (tertiary/aromatic N) is 2. The van der Waals surface area contributed by atoms with Crippen LogP contribution in [-0.2, 0) is 21.2 Å². The lowest BCUT2D eigenvalue weighted by Crippen LogP contribution is -2.40. The molecule has 2 heterocycles. The largest absolute Gasteiger partial charge is 0.379 e. The topological polar surface area (TPSA) is 66.9 Å². The second kappa shape index (κ2) is 7.65. The Labute approximate surface area is 173 Å². The number of sulfonamides is 1. The number of morpholine rings is 1. The first-order chi connectivity index (χ1) is 13.4. The lowest BCUT2D eigenvalue weighted by molar-refractivity contribution is 0.0730. The summed E-state index contributed by atoms with van der Waals surface area (Å²) in [5.74, 6) is -0.232. The predicted octanol–water partition coefficient (Wildman–Crippen LogP) is 3.22. The molecule has 0 spiro atoms. The Balaban J connectivity index is 1.62. The van der Waals surface area contributed by atoms with Gasteiger partial charge in [0.1, 0.15) is 0 Å². The Morgan fingerprint density at radius 2 is 1.75 bits per heavy atom. The summed E-state index contributed by atoms with van der Waals surface area (Å²) < 4.78 is 32.4. The van der Waals surface area contributed by atoms with E-state index in [1.165, 1.54) is 10.4 Å². The smallest absolute Gasteiger partial charge is 0.259 e. The van der Waals surface area contributed by atoms with Gasteiger partial charge in [0.25, 0.3) is 5.91 Å². The van der Waals surface area contributed by atoms with Gasteiger partial charge in [-0.15, -0.1) is 0 Å². The Morgan fingerprint density at radius 1 is 1.00 bits per heavy atom. The Kier molecular flexibility index (Phi) is 5.37. The highest BCUT2D eigenvalue weighted by Crippen LogP contribution is 2.33. The molecule has 0 bridgehead atoms. The molecular weight excluding hydrogens is 423 g/mol. The number of hydrogen-bond acceptors (Lipinski definition) is 4. The number of benzene rings is 2. The normalized spacial score (nSPS) is 17.6. The molecule has 148 valence electrons. The number of hydrogen-bond donors (Lipinski definition) is 0. The van der Waals surface area contributed by atoms with Gasteiger partial charge >= 0.3 is 0 Å². The van der Waals surface area contributed by atoms with Crippen LogP contribution in [0, 0.1) is 0 Å². The van der Waals surface area contributed by atoms with E-state index in [1.54, 1.807) is 35.2 Å². The van der Waals surface area contributed by atoms with E-state index in [1.807, 2.05) is 0 Å². The number of ether oxygens (including phenoxy) is 1. The van der Waals surface area contributed by atoms with Crippen molar-refractivity contribution in [3.05, 3.63) is 57.6 Å². The summed E-state index contributed by atoms with van der Waals surface area (Å²) in [5, 5.41) is 0.749. The van der Waals surface area contributed by atoms with Gasteiger partial charge in [0.15, 0.2) is 0 Å². The highest BCUT2D eigenvalue weighted by molar-refractivity contribution is 7.89. The number of fused-ring (bicyclic) bond motifs is 1. The average Bonchev–Trinajstić information content (AvgIpc) is 3.11. The van der Waals surface area contributed by atoms with Crippen molar-refractivity contribution in [3.8, 4) is 0 Å². The van der Waals surface area contributed by atoms with Crippen LogP contribution < -0.4 is 4.90 Å².